The molecule has 0 unspecified atom stereocenters. The maximum atomic E-state index is 14.2. The summed E-state index contributed by atoms with van der Waals surface area (Å²) < 4.78 is 16.4. The van der Waals surface area contributed by atoms with E-state index in [4.69, 9.17) is 14.2 Å². The van der Waals surface area contributed by atoms with Gasteiger partial charge in [-0.25, -0.2) is 0 Å². The van der Waals surface area contributed by atoms with Crippen LogP contribution in [0, 0.1) is 0 Å². The highest BCUT2D eigenvalue weighted by molar-refractivity contribution is 6.16. The van der Waals surface area contributed by atoms with Gasteiger partial charge in [0.2, 0.25) is 0 Å². The summed E-state index contributed by atoms with van der Waals surface area (Å²) in [7, 11) is 1.69. The molecule has 0 spiro atoms. The van der Waals surface area contributed by atoms with Crippen molar-refractivity contribution in [1.82, 2.24) is 0 Å². The highest BCUT2D eigenvalue weighted by Crippen LogP contribution is 2.50. The van der Waals surface area contributed by atoms with Crippen molar-refractivity contribution in [1.29, 1.82) is 0 Å². The van der Waals surface area contributed by atoms with Crippen LogP contribution in [0.15, 0.2) is 65.3 Å². The molecule has 3 rings (SSSR count). The Morgan fingerprint density at radius 1 is 0.727 bits per heavy atom. The first-order valence-corrected chi connectivity index (χ1v) is 14.6. The van der Waals surface area contributed by atoms with Crippen LogP contribution >= 0.6 is 0 Å². The fourth-order valence-electron chi connectivity index (χ4n) is 4.98. The summed E-state index contributed by atoms with van der Waals surface area (Å²) in [6, 6.07) is 7.88. The van der Waals surface area contributed by atoms with E-state index in [0.717, 1.165) is 31.3 Å². The number of carbonyl (C=O) groups excluding carboxylic acids is 4. The molecule has 0 radical (unpaired) electrons. The lowest BCUT2D eigenvalue weighted by atomic mass is 10.1. The van der Waals surface area contributed by atoms with Crippen molar-refractivity contribution < 1.29 is 33.4 Å². The standard InChI is InChI=1S/C35H42N2O7/c1-22(2)12-9-13-23(3)14-10-15-24(4)18-19-37-30-20-28(42-25(5)38)21-32(44-27(7)40)34(30)36(8)33-29(35(37)41)16-11-17-31(33)43-26(6)39/h11-12,14,16-18,20-21H,9-10,13,15,19H2,1-8H3. The molecule has 0 atom stereocenters. The first kappa shape index (κ1) is 33.8. The number of para-hydroxylation sites is 1. The molecule has 1 aliphatic heterocycles. The summed E-state index contributed by atoms with van der Waals surface area (Å²) in [4.78, 5) is 53.4. The van der Waals surface area contributed by atoms with Crippen LogP contribution in [0.2, 0.25) is 0 Å². The summed E-state index contributed by atoms with van der Waals surface area (Å²) in [6.45, 7) is 12.4. The number of benzene rings is 2. The Kier molecular flexibility index (Phi) is 11.7. The number of hydrogen-bond acceptors (Lipinski definition) is 8. The van der Waals surface area contributed by atoms with Crippen LogP contribution in [-0.4, -0.2) is 37.4 Å². The summed E-state index contributed by atoms with van der Waals surface area (Å²) in [5.41, 5.74) is 5.09. The molecule has 0 saturated heterocycles. The third-order valence-electron chi connectivity index (χ3n) is 6.98. The zero-order valence-corrected chi connectivity index (χ0v) is 26.9. The van der Waals surface area contributed by atoms with Gasteiger partial charge in [0.15, 0.2) is 11.5 Å². The summed E-state index contributed by atoms with van der Waals surface area (Å²) in [5, 5.41) is 0. The van der Waals surface area contributed by atoms with Gasteiger partial charge in [-0.05, 0) is 65.5 Å². The van der Waals surface area contributed by atoms with E-state index < -0.39 is 17.9 Å². The second kappa shape index (κ2) is 15.2. The van der Waals surface area contributed by atoms with Gasteiger partial charge in [-0.2, -0.15) is 0 Å². The number of rotatable bonds is 11. The molecule has 1 amide bonds. The zero-order valence-electron chi connectivity index (χ0n) is 26.9. The lowest BCUT2D eigenvalue weighted by molar-refractivity contribution is -0.132. The highest BCUT2D eigenvalue weighted by atomic mass is 16.5. The molecule has 0 aromatic heterocycles. The Morgan fingerprint density at radius 2 is 1.32 bits per heavy atom. The molecular formula is C35H42N2O7. The lowest BCUT2D eigenvalue weighted by Crippen LogP contribution is -2.31. The van der Waals surface area contributed by atoms with E-state index in [-0.39, 0.29) is 35.3 Å². The largest absolute Gasteiger partial charge is 0.427 e. The molecule has 1 heterocycles. The average Bonchev–Trinajstić information content (AvgIpc) is 2.99. The monoisotopic (exact) mass is 602 g/mol. The first-order valence-electron chi connectivity index (χ1n) is 14.6. The fraction of sp³-hybridized carbons (Fsp3) is 0.371. The maximum absolute atomic E-state index is 14.2. The van der Waals surface area contributed by atoms with Gasteiger partial charge in [0.25, 0.3) is 5.91 Å². The molecule has 1 aliphatic rings. The Balaban J connectivity index is 2.08. The summed E-state index contributed by atoms with van der Waals surface area (Å²) in [5.74, 6) is -1.73. The van der Waals surface area contributed by atoms with Crippen molar-refractivity contribution in [3.05, 3.63) is 70.8 Å². The molecule has 2 aromatic rings. The Bertz CT molecular complexity index is 1530. The number of nitrogens with zero attached hydrogens (tertiary/aromatic N) is 2. The van der Waals surface area contributed by atoms with Crippen LogP contribution in [0.5, 0.6) is 17.2 Å². The number of carbonyl (C=O) groups is 4. The van der Waals surface area contributed by atoms with Crippen LogP contribution in [0.4, 0.5) is 17.1 Å². The van der Waals surface area contributed by atoms with Crippen LogP contribution < -0.4 is 24.0 Å². The average molecular weight is 603 g/mol. The molecule has 0 saturated carbocycles. The van der Waals surface area contributed by atoms with Crippen LogP contribution in [-0.2, 0) is 14.4 Å². The molecule has 0 fully saturated rings. The van der Waals surface area contributed by atoms with Crippen molar-refractivity contribution in [3.8, 4) is 17.2 Å². The van der Waals surface area contributed by atoms with Gasteiger partial charge >= 0.3 is 17.9 Å². The molecule has 0 N–H and O–H groups in total. The van der Waals surface area contributed by atoms with Gasteiger partial charge in [-0.1, -0.05) is 41.0 Å². The number of hydrogen-bond donors (Lipinski definition) is 0. The van der Waals surface area contributed by atoms with Crippen molar-refractivity contribution in [2.45, 2.75) is 74.1 Å². The predicted octanol–water partition coefficient (Wildman–Crippen LogP) is 7.61. The lowest BCUT2D eigenvalue weighted by Gasteiger charge is -2.27. The number of ether oxygens (including phenoxy) is 3. The minimum absolute atomic E-state index is 0.0754. The van der Waals surface area contributed by atoms with Crippen LogP contribution in [0.25, 0.3) is 0 Å². The van der Waals surface area contributed by atoms with Gasteiger partial charge in [-0.3, -0.25) is 19.2 Å². The smallest absolute Gasteiger partial charge is 0.308 e. The SMILES string of the molecule is CC(=O)Oc1cc(OC(C)=O)c2c(c1)N(CC=C(C)CCC=C(C)CCC=C(C)C)C(=O)c1cccc(OC(C)=O)c1N2C. The third-order valence-corrected chi connectivity index (χ3v) is 6.98. The van der Waals surface area contributed by atoms with Crippen molar-refractivity contribution in [3.63, 3.8) is 0 Å². The second-order valence-corrected chi connectivity index (χ2v) is 11.2. The number of anilines is 3. The van der Waals surface area contributed by atoms with Crippen molar-refractivity contribution in [2.75, 3.05) is 23.4 Å². The minimum Gasteiger partial charge on any atom is -0.427 e. The maximum Gasteiger partial charge on any atom is 0.308 e. The Labute approximate surface area is 259 Å². The van der Waals surface area contributed by atoms with Crippen LogP contribution in [0.3, 0.4) is 0 Å². The van der Waals surface area contributed by atoms with E-state index in [1.54, 1.807) is 41.1 Å². The molecule has 234 valence electrons. The third kappa shape index (κ3) is 8.92. The Hall–Kier alpha value is -4.66. The van der Waals surface area contributed by atoms with Crippen LogP contribution in [0.1, 0.15) is 84.5 Å². The number of allylic oxidation sites excluding steroid dienone is 5. The molecule has 2 aromatic carbocycles. The van der Waals surface area contributed by atoms with Gasteiger partial charge in [-0.15, -0.1) is 0 Å². The topological polar surface area (TPSA) is 102 Å². The van der Waals surface area contributed by atoms with E-state index in [0.29, 0.717) is 17.1 Å². The summed E-state index contributed by atoms with van der Waals surface area (Å²) >= 11 is 0. The van der Waals surface area contributed by atoms with E-state index in [2.05, 4.69) is 32.9 Å². The molecule has 9 heteroatoms. The van der Waals surface area contributed by atoms with Gasteiger partial charge in [0.05, 0.1) is 16.9 Å². The van der Waals surface area contributed by atoms with E-state index in [9.17, 15) is 19.2 Å². The molecular weight excluding hydrogens is 560 g/mol. The minimum atomic E-state index is -0.601. The Morgan fingerprint density at radius 3 is 1.93 bits per heavy atom. The summed E-state index contributed by atoms with van der Waals surface area (Å²) in [6.07, 6.45) is 10.2. The quantitative estimate of drug-likeness (QED) is 0.147. The van der Waals surface area contributed by atoms with Gasteiger partial charge in [0, 0.05) is 46.5 Å². The van der Waals surface area contributed by atoms with E-state index >= 15 is 0 Å². The van der Waals surface area contributed by atoms with Gasteiger partial charge in [0.1, 0.15) is 11.4 Å². The van der Waals surface area contributed by atoms with E-state index in [1.807, 2.05) is 13.0 Å². The fourth-order valence-corrected chi connectivity index (χ4v) is 4.98. The van der Waals surface area contributed by atoms with E-state index in [1.165, 1.54) is 38.0 Å². The predicted molar refractivity (Wildman–Crippen MR) is 172 cm³/mol. The van der Waals surface area contributed by atoms with Crippen molar-refractivity contribution in [2.24, 2.45) is 0 Å². The number of amides is 1. The first-order chi connectivity index (χ1) is 20.8. The number of esters is 3. The normalized spacial score (nSPS) is 13.0. The molecule has 0 bridgehead atoms. The zero-order chi connectivity index (χ0) is 32.6. The molecule has 9 nitrogen and oxygen atoms in total. The number of fused-ring (bicyclic) bond motifs is 2. The highest BCUT2D eigenvalue weighted by Gasteiger charge is 2.35. The molecule has 44 heavy (non-hydrogen) atoms. The van der Waals surface area contributed by atoms with Gasteiger partial charge < -0.3 is 24.0 Å². The second-order valence-electron chi connectivity index (χ2n) is 11.2. The van der Waals surface area contributed by atoms with Crippen molar-refractivity contribution >= 4 is 40.9 Å². The molecule has 0 aliphatic carbocycles.